The first-order valence-electron chi connectivity index (χ1n) is 7.49. The molecule has 1 aromatic heterocycles. The van der Waals surface area contributed by atoms with Crippen LogP contribution in [0, 0.1) is 0 Å². The second kappa shape index (κ2) is 7.81. The van der Waals surface area contributed by atoms with Gasteiger partial charge >= 0.3 is 5.97 Å². The van der Waals surface area contributed by atoms with E-state index in [1.807, 2.05) is 42.5 Å². The molecule has 1 N–H and O–H groups in total. The van der Waals surface area contributed by atoms with Crippen molar-refractivity contribution in [3.05, 3.63) is 77.2 Å². The number of furan rings is 1. The number of hydrogen-bond donors (Lipinski definition) is 1. The van der Waals surface area contributed by atoms with Gasteiger partial charge in [0.1, 0.15) is 0 Å². The van der Waals surface area contributed by atoms with Gasteiger partial charge in [-0.3, -0.25) is 4.79 Å². The van der Waals surface area contributed by atoms with Crippen LogP contribution in [0.5, 0.6) is 0 Å². The van der Waals surface area contributed by atoms with Crippen molar-refractivity contribution in [2.24, 2.45) is 0 Å². The molecule has 0 saturated carbocycles. The molecule has 126 valence electrons. The summed E-state index contributed by atoms with van der Waals surface area (Å²) in [6, 6.07) is 20.4. The number of benzene rings is 2. The van der Waals surface area contributed by atoms with E-state index in [4.69, 9.17) is 9.15 Å². The molecular weight excluding hydrogens is 386 g/mol. The van der Waals surface area contributed by atoms with Crippen LogP contribution in [0.3, 0.4) is 0 Å². The minimum Gasteiger partial charge on any atom is -0.450 e. The van der Waals surface area contributed by atoms with Crippen LogP contribution >= 0.6 is 15.9 Å². The highest BCUT2D eigenvalue weighted by atomic mass is 79.9. The molecule has 0 aliphatic carbocycles. The van der Waals surface area contributed by atoms with E-state index in [1.54, 1.807) is 18.2 Å². The number of ether oxygens (including phenoxy) is 1. The predicted molar refractivity (Wildman–Crippen MR) is 97.2 cm³/mol. The van der Waals surface area contributed by atoms with Crippen molar-refractivity contribution >= 4 is 33.5 Å². The first-order valence-corrected chi connectivity index (χ1v) is 8.29. The minimum atomic E-state index is -0.694. The third-order valence-corrected chi connectivity index (χ3v) is 3.81. The van der Waals surface area contributed by atoms with Crippen LogP contribution in [0.1, 0.15) is 10.6 Å². The van der Waals surface area contributed by atoms with Crippen LogP contribution in [0.2, 0.25) is 0 Å². The average Bonchev–Trinajstić information content (AvgIpc) is 3.08. The van der Waals surface area contributed by atoms with E-state index in [1.165, 1.54) is 6.07 Å². The van der Waals surface area contributed by atoms with E-state index in [-0.39, 0.29) is 5.76 Å². The van der Waals surface area contributed by atoms with Gasteiger partial charge in [-0.1, -0.05) is 42.5 Å². The third kappa shape index (κ3) is 4.58. The summed E-state index contributed by atoms with van der Waals surface area (Å²) < 4.78 is 10.4. The summed E-state index contributed by atoms with van der Waals surface area (Å²) in [5.41, 5.74) is 2.77. The number of amides is 1. The number of halogens is 1. The van der Waals surface area contributed by atoms with Crippen molar-refractivity contribution in [1.82, 2.24) is 0 Å². The van der Waals surface area contributed by atoms with Gasteiger partial charge in [-0.15, -0.1) is 0 Å². The molecule has 25 heavy (non-hydrogen) atoms. The van der Waals surface area contributed by atoms with E-state index in [0.717, 1.165) is 11.1 Å². The van der Waals surface area contributed by atoms with Gasteiger partial charge in [-0.25, -0.2) is 4.79 Å². The molecule has 3 rings (SSSR count). The Bertz CT molecular complexity index is 872. The second-order valence-electron chi connectivity index (χ2n) is 5.17. The molecule has 0 fully saturated rings. The molecule has 1 amide bonds. The summed E-state index contributed by atoms with van der Waals surface area (Å²) in [5, 5.41) is 2.68. The van der Waals surface area contributed by atoms with Crippen LogP contribution in [0.4, 0.5) is 5.69 Å². The summed E-state index contributed by atoms with van der Waals surface area (Å²) in [7, 11) is 0. The number of anilines is 1. The summed E-state index contributed by atoms with van der Waals surface area (Å²) in [5.74, 6) is -1.08. The van der Waals surface area contributed by atoms with E-state index in [2.05, 4.69) is 21.2 Å². The molecule has 0 spiro atoms. The van der Waals surface area contributed by atoms with E-state index in [9.17, 15) is 9.59 Å². The molecule has 6 heteroatoms. The largest absolute Gasteiger partial charge is 0.450 e. The maximum absolute atomic E-state index is 11.9. The smallest absolute Gasteiger partial charge is 0.374 e. The predicted octanol–water partition coefficient (Wildman–Crippen LogP) is 4.50. The van der Waals surface area contributed by atoms with Gasteiger partial charge in [0.25, 0.3) is 5.91 Å². The molecule has 0 aliphatic rings. The lowest BCUT2D eigenvalue weighted by Gasteiger charge is -2.07. The zero-order valence-electron chi connectivity index (χ0n) is 13.1. The lowest BCUT2D eigenvalue weighted by atomic mass is 10.1. The highest BCUT2D eigenvalue weighted by Crippen LogP contribution is 2.21. The fraction of sp³-hybridized carbons (Fsp3) is 0.0526. The number of rotatable bonds is 5. The molecule has 0 unspecified atom stereocenters. The highest BCUT2D eigenvalue weighted by molar-refractivity contribution is 9.10. The lowest BCUT2D eigenvalue weighted by molar-refractivity contribution is -0.119. The Morgan fingerprint density at radius 1 is 0.920 bits per heavy atom. The molecule has 0 atom stereocenters. The van der Waals surface area contributed by atoms with Crippen LogP contribution in [-0.4, -0.2) is 18.5 Å². The number of carbonyl (C=O) groups excluding carboxylic acids is 2. The first-order chi connectivity index (χ1) is 12.1. The Balaban J connectivity index is 1.53. The number of carbonyl (C=O) groups is 2. The van der Waals surface area contributed by atoms with Crippen molar-refractivity contribution in [1.29, 1.82) is 0 Å². The fourth-order valence-corrected chi connectivity index (χ4v) is 2.51. The standard InChI is InChI=1S/C19H14BrNO4/c20-17-11-10-16(25-17)19(23)24-12-18(22)21-15-8-6-14(7-9-15)13-4-2-1-3-5-13/h1-11H,12H2,(H,21,22). The molecule has 3 aromatic rings. The SMILES string of the molecule is O=C(COC(=O)c1ccc(Br)o1)Nc1ccc(-c2ccccc2)cc1. The quantitative estimate of drug-likeness (QED) is 0.641. The maximum atomic E-state index is 11.9. The highest BCUT2D eigenvalue weighted by Gasteiger charge is 2.14. The minimum absolute atomic E-state index is 0.0342. The molecule has 1 heterocycles. The van der Waals surface area contributed by atoms with Gasteiger partial charge < -0.3 is 14.5 Å². The molecule has 0 aliphatic heterocycles. The van der Waals surface area contributed by atoms with E-state index >= 15 is 0 Å². The number of esters is 1. The van der Waals surface area contributed by atoms with Gasteiger partial charge in [0.2, 0.25) is 5.76 Å². The van der Waals surface area contributed by atoms with Crippen LogP contribution in [-0.2, 0) is 9.53 Å². The second-order valence-corrected chi connectivity index (χ2v) is 5.95. The van der Waals surface area contributed by atoms with Gasteiger partial charge in [0, 0.05) is 5.69 Å². The molecule has 0 radical (unpaired) electrons. The van der Waals surface area contributed by atoms with Gasteiger partial charge in [0.05, 0.1) is 0 Å². The molecule has 2 aromatic carbocycles. The van der Waals surface area contributed by atoms with Crippen LogP contribution < -0.4 is 5.32 Å². The Kier molecular flexibility index (Phi) is 5.30. The first kappa shape index (κ1) is 17.0. The summed E-state index contributed by atoms with van der Waals surface area (Å²) >= 11 is 3.09. The summed E-state index contributed by atoms with van der Waals surface area (Å²) in [6.45, 7) is -0.391. The van der Waals surface area contributed by atoms with Crippen LogP contribution in [0.15, 0.2) is 75.8 Å². The molecule has 0 saturated heterocycles. The van der Waals surface area contributed by atoms with Crippen molar-refractivity contribution in [2.45, 2.75) is 0 Å². The summed E-state index contributed by atoms with van der Waals surface area (Å²) in [4.78, 5) is 23.6. The van der Waals surface area contributed by atoms with Gasteiger partial charge in [0.15, 0.2) is 11.3 Å². The van der Waals surface area contributed by atoms with Crippen molar-refractivity contribution < 1.29 is 18.7 Å². The van der Waals surface area contributed by atoms with Gasteiger partial charge in [-0.2, -0.15) is 0 Å². The van der Waals surface area contributed by atoms with E-state index < -0.39 is 18.5 Å². The van der Waals surface area contributed by atoms with Crippen molar-refractivity contribution in [3.63, 3.8) is 0 Å². The topological polar surface area (TPSA) is 68.5 Å². The molecule has 0 bridgehead atoms. The normalized spacial score (nSPS) is 10.3. The molecule has 5 nitrogen and oxygen atoms in total. The molecular formula is C19H14BrNO4. The van der Waals surface area contributed by atoms with Gasteiger partial charge in [-0.05, 0) is 51.3 Å². The Hall–Kier alpha value is -2.86. The number of nitrogens with one attached hydrogen (secondary N) is 1. The number of hydrogen-bond acceptors (Lipinski definition) is 4. The summed E-state index contributed by atoms with van der Waals surface area (Å²) in [6.07, 6.45) is 0. The zero-order valence-corrected chi connectivity index (χ0v) is 14.7. The maximum Gasteiger partial charge on any atom is 0.374 e. The third-order valence-electron chi connectivity index (χ3n) is 3.38. The van der Waals surface area contributed by atoms with E-state index in [0.29, 0.717) is 10.4 Å². The lowest BCUT2D eigenvalue weighted by Crippen LogP contribution is -2.20. The zero-order chi connectivity index (χ0) is 17.6. The Morgan fingerprint density at radius 2 is 1.60 bits per heavy atom. The fourth-order valence-electron chi connectivity index (χ4n) is 2.20. The monoisotopic (exact) mass is 399 g/mol. The Labute approximate surface area is 152 Å². The van der Waals surface area contributed by atoms with Crippen LogP contribution in [0.25, 0.3) is 11.1 Å². The Morgan fingerprint density at radius 3 is 2.24 bits per heavy atom. The average molecular weight is 400 g/mol. The van der Waals surface area contributed by atoms with Crippen molar-refractivity contribution in [2.75, 3.05) is 11.9 Å². The van der Waals surface area contributed by atoms with Crippen molar-refractivity contribution in [3.8, 4) is 11.1 Å².